The normalized spacial score (nSPS) is 19.9. The molecule has 2 aromatic rings. The maximum Gasteiger partial charge on any atom is 0.262 e. The molecule has 5 rings (SSSR count). The monoisotopic (exact) mass is 501 g/mol. The Bertz CT molecular complexity index is 1320. The fraction of sp³-hybridized carbons (Fsp3) is 0.357. The lowest BCUT2D eigenvalue weighted by Gasteiger charge is -2.33. The largest absolute Gasteiger partial charge is 0.481 e. The third kappa shape index (κ3) is 5.06. The molecule has 9 heteroatoms. The van der Waals surface area contributed by atoms with Crippen LogP contribution in [0.15, 0.2) is 42.5 Å². The fourth-order valence-electron chi connectivity index (χ4n) is 4.93. The number of anilines is 1. The summed E-state index contributed by atoms with van der Waals surface area (Å²) >= 11 is 0. The van der Waals surface area contributed by atoms with E-state index >= 15 is 0 Å². The number of methoxy groups -OCH3 is 1. The first kappa shape index (κ1) is 24.5. The molecule has 1 unspecified atom stereocenters. The van der Waals surface area contributed by atoms with E-state index in [1.54, 1.807) is 13.2 Å². The highest BCUT2D eigenvalue weighted by Crippen LogP contribution is 2.30. The first-order chi connectivity index (χ1) is 17.9. The molecule has 0 aliphatic carbocycles. The van der Waals surface area contributed by atoms with Gasteiger partial charge in [-0.3, -0.25) is 29.4 Å². The van der Waals surface area contributed by atoms with Gasteiger partial charge in [0.2, 0.25) is 11.8 Å². The molecule has 4 amide bonds. The number of piperidine rings is 2. The van der Waals surface area contributed by atoms with Crippen molar-refractivity contribution >= 4 is 29.3 Å². The van der Waals surface area contributed by atoms with Crippen LogP contribution in [-0.4, -0.2) is 67.5 Å². The van der Waals surface area contributed by atoms with Crippen molar-refractivity contribution in [2.45, 2.75) is 37.8 Å². The number of nitrogens with zero attached hydrogens (tertiary/aromatic N) is 2. The zero-order valence-electron chi connectivity index (χ0n) is 20.5. The molecule has 0 aromatic heterocycles. The van der Waals surface area contributed by atoms with E-state index < -0.39 is 29.7 Å². The van der Waals surface area contributed by atoms with Gasteiger partial charge in [-0.05, 0) is 55.7 Å². The highest BCUT2D eigenvalue weighted by molar-refractivity contribution is 6.23. The lowest BCUT2D eigenvalue weighted by molar-refractivity contribution is -0.136. The predicted octanol–water partition coefficient (Wildman–Crippen LogP) is 2.13. The van der Waals surface area contributed by atoms with E-state index in [0.29, 0.717) is 11.9 Å². The van der Waals surface area contributed by atoms with Crippen molar-refractivity contribution < 1.29 is 28.7 Å². The standard InChI is InChI=1S/C28H27N3O6/c1-36-20-11-13-30(14-12-20)19-6-2-4-18(16-19)5-3-15-37-21-7-8-22-23(17-21)28(35)31(27(22)34)24-9-10-25(32)29-26(24)33/h2,4,6-8,16-17,20,24H,9-15H2,1H3,(H,29,32,33). The summed E-state index contributed by atoms with van der Waals surface area (Å²) in [6.45, 7) is 1.99. The van der Waals surface area contributed by atoms with Crippen molar-refractivity contribution in [1.82, 2.24) is 10.2 Å². The molecule has 9 nitrogen and oxygen atoms in total. The molecular formula is C28H27N3O6. The molecule has 190 valence electrons. The Hall–Kier alpha value is -4.16. The summed E-state index contributed by atoms with van der Waals surface area (Å²) in [5.74, 6) is 4.34. The molecular weight excluding hydrogens is 474 g/mol. The van der Waals surface area contributed by atoms with Gasteiger partial charge in [0, 0.05) is 37.9 Å². The molecule has 1 N–H and O–H groups in total. The molecule has 3 aliphatic heterocycles. The van der Waals surface area contributed by atoms with Gasteiger partial charge in [0.05, 0.1) is 17.2 Å². The minimum Gasteiger partial charge on any atom is -0.481 e. The molecule has 0 radical (unpaired) electrons. The van der Waals surface area contributed by atoms with Gasteiger partial charge >= 0.3 is 0 Å². The zero-order valence-corrected chi connectivity index (χ0v) is 20.5. The first-order valence-corrected chi connectivity index (χ1v) is 12.3. The second kappa shape index (κ2) is 10.4. The summed E-state index contributed by atoms with van der Waals surface area (Å²) in [4.78, 5) is 52.6. The summed E-state index contributed by atoms with van der Waals surface area (Å²) in [7, 11) is 1.76. The van der Waals surface area contributed by atoms with Gasteiger partial charge in [0.25, 0.3) is 11.8 Å². The van der Waals surface area contributed by atoms with Crippen LogP contribution in [0.25, 0.3) is 0 Å². The van der Waals surface area contributed by atoms with Crippen LogP contribution in [0, 0.1) is 11.8 Å². The minimum absolute atomic E-state index is 0.0755. The maximum absolute atomic E-state index is 12.9. The molecule has 0 bridgehead atoms. The Morgan fingerprint density at radius 3 is 2.51 bits per heavy atom. The van der Waals surface area contributed by atoms with Crippen LogP contribution in [-0.2, 0) is 14.3 Å². The molecule has 3 heterocycles. The van der Waals surface area contributed by atoms with Crippen LogP contribution in [0.1, 0.15) is 52.0 Å². The maximum atomic E-state index is 12.9. The van der Waals surface area contributed by atoms with E-state index in [0.717, 1.165) is 42.1 Å². The molecule has 2 saturated heterocycles. The molecule has 37 heavy (non-hydrogen) atoms. The average molecular weight is 502 g/mol. The molecule has 0 spiro atoms. The van der Waals surface area contributed by atoms with Crippen molar-refractivity contribution in [3.05, 3.63) is 59.2 Å². The van der Waals surface area contributed by atoms with Crippen LogP contribution in [0.5, 0.6) is 5.75 Å². The lowest BCUT2D eigenvalue weighted by Crippen LogP contribution is -2.54. The van der Waals surface area contributed by atoms with Crippen molar-refractivity contribution in [3.8, 4) is 17.6 Å². The third-order valence-electron chi connectivity index (χ3n) is 6.94. The lowest BCUT2D eigenvalue weighted by atomic mass is 10.0. The first-order valence-electron chi connectivity index (χ1n) is 12.3. The second-order valence-corrected chi connectivity index (χ2v) is 9.22. The zero-order chi connectivity index (χ0) is 25.9. The summed E-state index contributed by atoms with van der Waals surface area (Å²) in [6.07, 6.45) is 2.51. The summed E-state index contributed by atoms with van der Waals surface area (Å²) in [5.41, 5.74) is 2.39. The van der Waals surface area contributed by atoms with Crippen LogP contribution >= 0.6 is 0 Å². The van der Waals surface area contributed by atoms with Crippen molar-refractivity contribution in [2.75, 3.05) is 31.7 Å². The number of carbonyl (C=O) groups excluding carboxylic acids is 4. The number of fused-ring (bicyclic) bond motifs is 1. The van der Waals surface area contributed by atoms with E-state index in [4.69, 9.17) is 9.47 Å². The Labute approximate surface area is 214 Å². The van der Waals surface area contributed by atoms with E-state index in [1.165, 1.54) is 12.1 Å². The van der Waals surface area contributed by atoms with Crippen LogP contribution in [0.3, 0.4) is 0 Å². The molecule has 1 atom stereocenters. The van der Waals surface area contributed by atoms with E-state index in [1.807, 2.05) is 12.1 Å². The van der Waals surface area contributed by atoms with Crippen molar-refractivity contribution in [2.24, 2.45) is 0 Å². The summed E-state index contributed by atoms with van der Waals surface area (Å²) < 4.78 is 11.2. The quantitative estimate of drug-likeness (QED) is 0.494. The highest BCUT2D eigenvalue weighted by Gasteiger charge is 2.44. The third-order valence-corrected chi connectivity index (χ3v) is 6.94. The number of benzene rings is 2. The fourth-order valence-corrected chi connectivity index (χ4v) is 4.93. The number of rotatable bonds is 5. The van der Waals surface area contributed by atoms with Crippen LogP contribution < -0.4 is 15.0 Å². The smallest absolute Gasteiger partial charge is 0.262 e. The van der Waals surface area contributed by atoms with Gasteiger partial charge in [0.1, 0.15) is 18.4 Å². The molecule has 2 aromatic carbocycles. The van der Waals surface area contributed by atoms with Crippen LogP contribution in [0.4, 0.5) is 5.69 Å². The molecule has 2 fully saturated rings. The topological polar surface area (TPSA) is 105 Å². The predicted molar refractivity (Wildman–Crippen MR) is 134 cm³/mol. The van der Waals surface area contributed by atoms with Crippen molar-refractivity contribution in [3.63, 3.8) is 0 Å². The number of carbonyl (C=O) groups is 4. The van der Waals surface area contributed by atoms with Gasteiger partial charge in [-0.25, -0.2) is 0 Å². The van der Waals surface area contributed by atoms with Gasteiger partial charge in [-0.2, -0.15) is 0 Å². The van der Waals surface area contributed by atoms with Gasteiger partial charge in [-0.15, -0.1) is 0 Å². The van der Waals surface area contributed by atoms with Gasteiger partial charge in [0.15, 0.2) is 0 Å². The number of ether oxygens (including phenoxy) is 2. The average Bonchev–Trinajstić information content (AvgIpc) is 3.16. The van der Waals surface area contributed by atoms with Gasteiger partial charge in [-0.1, -0.05) is 17.9 Å². The van der Waals surface area contributed by atoms with E-state index in [9.17, 15) is 19.2 Å². The Morgan fingerprint density at radius 2 is 1.76 bits per heavy atom. The number of nitrogens with one attached hydrogen (secondary N) is 1. The number of hydrogen-bond donors (Lipinski definition) is 1. The minimum atomic E-state index is -0.998. The molecule has 0 saturated carbocycles. The summed E-state index contributed by atoms with van der Waals surface area (Å²) in [5, 5.41) is 2.19. The van der Waals surface area contributed by atoms with Crippen molar-refractivity contribution in [1.29, 1.82) is 0 Å². The van der Waals surface area contributed by atoms with Gasteiger partial charge < -0.3 is 14.4 Å². The highest BCUT2D eigenvalue weighted by atomic mass is 16.5. The molecule has 3 aliphatic rings. The SMILES string of the molecule is COC1CCN(c2cccc(C#CCOc3ccc4c(c3)C(=O)N(C3CCC(=O)NC3=O)C4=O)c2)CC1. The second-order valence-electron chi connectivity index (χ2n) is 9.22. The Balaban J connectivity index is 1.21. The van der Waals surface area contributed by atoms with E-state index in [2.05, 4.69) is 34.2 Å². The van der Waals surface area contributed by atoms with E-state index in [-0.39, 0.29) is 30.6 Å². The number of amides is 4. The summed E-state index contributed by atoms with van der Waals surface area (Å²) in [6, 6.07) is 11.7. The Kier molecular flexibility index (Phi) is 6.93. The number of hydrogen-bond acceptors (Lipinski definition) is 7. The van der Waals surface area contributed by atoms with Crippen LogP contribution in [0.2, 0.25) is 0 Å². The Morgan fingerprint density at radius 1 is 0.973 bits per heavy atom. The number of imide groups is 2.